The summed E-state index contributed by atoms with van der Waals surface area (Å²) in [7, 11) is 0. The lowest BCUT2D eigenvalue weighted by Gasteiger charge is -2.20. The molecule has 1 fully saturated rings. The van der Waals surface area contributed by atoms with Gasteiger partial charge in [0, 0.05) is 25.0 Å². The van der Waals surface area contributed by atoms with Gasteiger partial charge in [-0.05, 0) is 25.5 Å². The second-order valence-electron chi connectivity index (χ2n) is 4.63. The maximum absolute atomic E-state index is 12.1. The lowest BCUT2D eigenvalue weighted by Crippen LogP contribution is -2.50. The summed E-state index contributed by atoms with van der Waals surface area (Å²) >= 11 is 0. The van der Waals surface area contributed by atoms with Crippen molar-refractivity contribution in [3.8, 4) is 0 Å². The molecule has 0 aromatic carbocycles. The predicted molar refractivity (Wildman–Crippen MR) is 64.0 cm³/mol. The zero-order valence-corrected chi connectivity index (χ0v) is 10.1. The summed E-state index contributed by atoms with van der Waals surface area (Å²) in [6.45, 7) is 2.23. The van der Waals surface area contributed by atoms with Crippen molar-refractivity contribution in [2.45, 2.75) is 18.9 Å². The van der Waals surface area contributed by atoms with Gasteiger partial charge < -0.3 is 15.7 Å². The number of likely N-dealkylation sites (tertiary alicyclic amines) is 1. The summed E-state index contributed by atoms with van der Waals surface area (Å²) in [6.07, 6.45) is 1.77. The van der Waals surface area contributed by atoms with Crippen molar-refractivity contribution >= 4 is 11.9 Å². The van der Waals surface area contributed by atoms with Crippen LogP contribution in [0.25, 0.3) is 0 Å². The van der Waals surface area contributed by atoms with Gasteiger partial charge in [0.15, 0.2) is 0 Å². The molecular weight excluding hydrogens is 234 g/mol. The highest BCUT2D eigenvalue weighted by Crippen LogP contribution is 2.20. The number of aryl methyl sites for hydroxylation is 1. The van der Waals surface area contributed by atoms with Gasteiger partial charge in [-0.25, -0.2) is 0 Å². The number of carboxylic acid groups (broad SMARTS) is 1. The summed E-state index contributed by atoms with van der Waals surface area (Å²) in [5, 5.41) is 9.00. The summed E-state index contributed by atoms with van der Waals surface area (Å²) in [5.74, 6) is -1.30. The molecule has 2 rings (SSSR count). The minimum absolute atomic E-state index is 0.0367. The first-order valence-electron chi connectivity index (χ1n) is 5.66. The highest BCUT2D eigenvalue weighted by molar-refractivity contribution is 5.95. The van der Waals surface area contributed by atoms with E-state index in [1.165, 1.54) is 11.1 Å². The van der Waals surface area contributed by atoms with Crippen molar-refractivity contribution in [2.75, 3.05) is 13.1 Å². The van der Waals surface area contributed by atoms with E-state index in [2.05, 4.69) is 4.98 Å². The van der Waals surface area contributed by atoms with Gasteiger partial charge >= 0.3 is 5.97 Å². The Morgan fingerprint density at radius 1 is 1.50 bits per heavy atom. The number of nitrogens with zero attached hydrogens (tertiary/aromatic N) is 2. The number of hydrogen-bond acceptors (Lipinski definition) is 4. The Kier molecular flexibility index (Phi) is 3.04. The third-order valence-electron chi connectivity index (χ3n) is 3.17. The van der Waals surface area contributed by atoms with Gasteiger partial charge in [0.25, 0.3) is 5.91 Å². The molecule has 96 valence electrons. The Morgan fingerprint density at radius 3 is 2.72 bits per heavy atom. The van der Waals surface area contributed by atoms with Crippen LogP contribution in [0.3, 0.4) is 0 Å². The molecule has 0 spiro atoms. The van der Waals surface area contributed by atoms with Crippen LogP contribution in [-0.4, -0.2) is 45.5 Å². The van der Waals surface area contributed by atoms with E-state index in [0.717, 1.165) is 5.69 Å². The highest BCUT2D eigenvalue weighted by atomic mass is 16.4. The molecule has 1 unspecified atom stereocenters. The fraction of sp³-hybridized carbons (Fsp3) is 0.417. The molecule has 1 aliphatic heterocycles. The fourth-order valence-corrected chi connectivity index (χ4v) is 1.96. The van der Waals surface area contributed by atoms with Gasteiger partial charge in [0.1, 0.15) is 5.54 Å². The fourth-order valence-electron chi connectivity index (χ4n) is 1.96. The number of carboxylic acids is 1. The number of carbonyl (C=O) groups is 2. The largest absolute Gasteiger partial charge is 0.480 e. The van der Waals surface area contributed by atoms with Crippen molar-refractivity contribution in [3.05, 3.63) is 29.6 Å². The number of aliphatic carboxylic acids is 1. The van der Waals surface area contributed by atoms with Gasteiger partial charge in [0.05, 0.1) is 5.56 Å². The van der Waals surface area contributed by atoms with E-state index >= 15 is 0 Å². The van der Waals surface area contributed by atoms with Crippen molar-refractivity contribution in [3.63, 3.8) is 0 Å². The molecule has 6 heteroatoms. The van der Waals surface area contributed by atoms with Crippen molar-refractivity contribution < 1.29 is 14.7 Å². The Labute approximate surface area is 104 Å². The standard InChI is InChI=1S/C12H15N3O3/c1-8-2-3-9(6-14-8)10(16)15-5-4-12(13,7-15)11(17)18/h2-3,6H,4-5,7,13H2,1H3,(H,17,18). The molecule has 1 aliphatic rings. The molecule has 6 nitrogen and oxygen atoms in total. The Hall–Kier alpha value is -1.95. The summed E-state index contributed by atoms with van der Waals surface area (Å²) in [5.41, 5.74) is 5.68. The number of carbonyl (C=O) groups excluding carboxylic acids is 1. The normalized spacial score (nSPS) is 23.1. The molecule has 1 atom stereocenters. The number of hydrogen-bond donors (Lipinski definition) is 2. The number of aromatic nitrogens is 1. The molecule has 2 heterocycles. The number of nitrogens with two attached hydrogens (primary N) is 1. The maximum Gasteiger partial charge on any atom is 0.325 e. The van der Waals surface area contributed by atoms with E-state index in [4.69, 9.17) is 10.8 Å². The zero-order valence-electron chi connectivity index (χ0n) is 10.1. The molecule has 1 amide bonds. The van der Waals surface area contributed by atoms with E-state index in [0.29, 0.717) is 12.1 Å². The Bertz CT molecular complexity index is 486. The number of amides is 1. The Balaban J connectivity index is 2.12. The first kappa shape index (κ1) is 12.5. The predicted octanol–water partition coefficient (Wildman–Crippen LogP) is 0.0180. The third kappa shape index (κ3) is 2.19. The molecule has 0 bridgehead atoms. The molecule has 0 saturated carbocycles. The summed E-state index contributed by atoms with van der Waals surface area (Å²) in [4.78, 5) is 28.6. The van der Waals surface area contributed by atoms with Gasteiger partial charge in [-0.2, -0.15) is 0 Å². The van der Waals surface area contributed by atoms with Crippen LogP contribution in [0.1, 0.15) is 22.5 Å². The van der Waals surface area contributed by atoms with E-state index in [1.54, 1.807) is 12.1 Å². The van der Waals surface area contributed by atoms with Crippen LogP contribution in [-0.2, 0) is 4.79 Å². The van der Waals surface area contributed by atoms with Gasteiger partial charge in [-0.1, -0.05) is 0 Å². The number of rotatable bonds is 2. The first-order valence-corrected chi connectivity index (χ1v) is 5.66. The molecule has 1 aromatic heterocycles. The van der Waals surface area contributed by atoms with Crippen LogP contribution in [0.4, 0.5) is 0 Å². The minimum atomic E-state index is -1.33. The summed E-state index contributed by atoms with van der Waals surface area (Å²) in [6, 6.07) is 3.43. The van der Waals surface area contributed by atoms with E-state index in [9.17, 15) is 9.59 Å². The SMILES string of the molecule is Cc1ccc(C(=O)N2CCC(N)(C(=O)O)C2)cn1. The summed E-state index contributed by atoms with van der Waals surface area (Å²) < 4.78 is 0. The van der Waals surface area contributed by atoms with Crippen molar-refractivity contribution in [1.82, 2.24) is 9.88 Å². The molecule has 3 N–H and O–H groups in total. The van der Waals surface area contributed by atoms with Crippen LogP contribution >= 0.6 is 0 Å². The second-order valence-corrected chi connectivity index (χ2v) is 4.63. The van der Waals surface area contributed by atoms with Crippen LogP contribution < -0.4 is 5.73 Å². The van der Waals surface area contributed by atoms with E-state index in [-0.39, 0.29) is 18.9 Å². The smallest absolute Gasteiger partial charge is 0.325 e. The maximum atomic E-state index is 12.1. The van der Waals surface area contributed by atoms with Gasteiger partial charge in [-0.15, -0.1) is 0 Å². The molecule has 0 aliphatic carbocycles. The Morgan fingerprint density at radius 2 is 2.22 bits per heavy atom. The van der Waals surface area contributed by atoms with Crippen LogP contribution in [0.15, 0.2) is 18.3 Å². The van der Waals surface area contributed by atoms with E-state index in [1.807, 2.05) is 6.92 Å². The average Bonchev–Trinajstić information content (AvgIpc) is 2.73. The molecule has 18 heavy (non-hydrogen) atoms. The van der Waals surface area contributed by atoms with Crippen molar-refractivity contribution in [1.29, 1.82) is 0 Å². The second kappa shape index (κ2) is 4.38. The minimum Gasteiger partial charge on any atom is -0.480 e. The monoisotopic (exact) mass is 249 g/mol. The van der Waals surface area contributed by atoms with Crippen LogP contribution in [0.5, 0.6) is 0 Å². The molecule has 0 radical (unpaired) electrons. The topological polar surface area (TPSA) is 96.5 Å². The van der Waals surface area contributed by atoms with Crippen LogP contribution in [0, 0.1) is 6.92 Å². The average molecular weight is 249 g/mol. The highest BCUT2D eigenvalue weighted by Gasteiger charge is 2.43. The van der Waals surface area contributed by atoms with Gasteiger partial charge in [-0.3, -0.25) is 14.6 Å². The zero-order chi connectivity index (χ0) is 13.3. The van der Waals surface area contributed by atoms with Gasteiger partial charge in [0.2, 0.25) is 0 Å². The lowest BCUT2D eigenvalue weighted by atomic mass is 10.0. The third-order valence-corrected chi connectivity index (χ3v) is 3.17. The molecule has 1 saturated heterocycles. The quantitative estimate of drug-likeness (QED) is 0.770. The first-order chi connectivity index (χ1) is 8.42. The lowest BCUT2D eigenvalue weighted by molar-refractivity contribution is -0.142. The van der Waals surface area contributed by atoms with E-state index < -0.39 is 11.5 Å². The van der Waals surface area contributed by atoms with Crippen LogP contribution in [0.2, 0.25) is 0 Å². The molecule has 1 aromatic rings. The van der Waals surface area contributed by atoms with Crippen molar-refractivity contribution in [2.24, 2.45) is 5.73 Å². The molecular formula is C12H15N3O3. The number of pyridine rings is 1.